The van der Waals surface area contributed by atoms with Crippen LogP contribution >= 0.6 is 0 Å². The van der Waals surface area contributed by atoms with Gasteiger partial charge in [-0.2, -0.15) is 5.26 Å². The molecule has 4 rings (SSSR count). The van der Waals surface area contributed by atoms with E-state index in [2.05, 4.69) is 6.07 Å². The van der Waals surface area contributed by atoms with E-state index in [1.165, 1.54) is 0 Å². The standard InChI is InChI=1S/C26H17NO3/c27-17-18-1-3-19(4-2-18)22-11-15-25(16-12-22)30-26(29)23-7-5-20(6-8-23)21-9-13-24(28)14-10-21/h1-16,28H. The minimum atomic E-state index is -0.432. The Morgan fingerprint density at radius 1 is 0.667 bits per heavy atom. The topological polar surface area (TPSA) is 70.3 Å². The van der Waals surface area contributed by atoms with Crippen LogP contribution in [0.5, 0.6) is 11.5 Å². The second-order valence-corrected chi connectivity index (χ2v) is 6.73. The number of ether oxygens (including phenoxy) is 1. The Kier molecular flexibility index (Phi) is 5.27. The lowest BCUT2D eigenvalue weighted by Crippen LogP contribution is -2.08. The first-order chi connectivity index (χ1) is 14.6. The Labute approximate surface area is 174 Å². The van der Waals surface area contributed by atoms with Crippen LogP contribution < -0.4 is 4.74 Å². The number of phenols is 1. The SMILES string of the molecule is N#Cc1ccc(-c2ccc(OC(=O)c3ccc(-c4ccc(O)cc4)cc3)cc2)cc1. The molecule has 0 aliphatic rings. The van der Waals surface area contributed by atoms with E-state index in [1.54, 1.807) is 48.5 Å². The molecule has 4 aromatic rings. The summed E-state index contributed by atoms with van der Waals surface area (Å²) in [4.78, 5) is 12.4. The van der Waals surface area contributed by atoms with Crippen molar-refractivity contribution in [3.8, 4) is 39.8 Å². The Morgan fingerprint density at radius 3 is 1.60 bits per heavy atom. The quantitative estimate of drug-likeness (QED) is 0.352. The van der Waals surface area contributed by atoms with Gasteiger partial charge in [-0.15, -0.1) is 0 Å². The van der Waals surface area contributed by atoms with Crippen LogP contribution in [0.3, 0.4) is 0 Å². The summed E-state index contributed by atoms with van der Waals surface area (Å²) in [5, 5.41) is 18.3. The van der Waals surface area contributed by atoms with E-state index in [0.717, 1.165) is 22.3 Å². The summed E-state index contributed by atoms with van der Waals surface area (Å²) < 4.78 is 5.47. The molecule has 0 spiro atoms. The molecule has 0 saturated heterocycles. The minimum absolute atomic E-state index is 0.212. The molecule has 144 valence electrons. The van der Waals surface area contributed by atoms with Crippen molar-refractivity contribution in [2.24, 2.45) is 0 Å². The van der Waals surface area contributed by atoms with Gasteiger partial charge in [-0.1, -0.05) is 48.5 Å². The number of rotatable bonds is 4. The number of nitrogens with zero attached hydrogens (tertiary/aromatic N) is 1. The van der Waals surface area contributed by atoms with Gasteiger partial charge in [0.05, 0.1) is 17.2 Å². The maximum atomic E-state index is 12.4. The molecule has 4 nitrogen and oxygen atoms in total. The molecule has 0 amide bonds. The molecule has 0 bridgehead atoms. The third kappa shape index (κ3) is 4.21. The second-order valence-electron chi connectivity index (χ2n) is 6.73. The molecule has 0 atom stereocenters. The van der Waals surface area contributed by atoms with E-state index in [-0.39, 0.29) is 5.75 Å². The summed E-state index contributed by atoms with van der Waals surface area (Å²) >= 11 is 0. The van der Waals surface area contributed by atoms with Gasteiger partial charge in [0, 0.05) is 0 Å². The van der Waals surface area contributed by atoms with Gasteiger partial charge in [0.25, 0.3) is 0 Å². The van der Waals surface area contributed by atoms with Crippen molar-refractivity contribution < 1.29 is 14.6 Å². The number of nitriles is 1. The average Bonchev–Trinajstić information content (AvgIpc) is 2.80. The lowest BCUT2D eigenvalue weighted by atomic mass is 10.0. The number of aromatic hydroxyl groups is 1. The van der Waals surface area contributed by atoms with Gasteiger partial charge in [-0.3, -0.25) is 0 Å². The van der Waals surface area contributed by atoms with Crippen LogP contribution in [0.4, 0.5) is 0 Å². The van der Waals surface area contributed by atoms with E-state index >= 15 is 0 Å². The van der Waals surface area contributed by atoms with Crippen molar-refractivity contribution in [3.63, 3.8) is 0 Å². The molecule has 0 aromatic heterocycles. The normalized spacial score (nSPS) is 10.2. The van der Waals surface area contributed by atoms with E-state index in [9.17, 15) is 9.90 Å². The smallest absolute Gasteiger partial charge is 0.343 e. The highest BCUT2D eigenvalue weighted by Crippen LogP contribution is 2.25. The molecule has 0 saturated carbocycles. The van der Waals surface area contributed by atoms with E-state index in [0.29, 0.717) is 16.9 Å². The third-order valence-corrected chi connectivity index (χ3v) is 4.73. The van der Waals surface area contributed by atoms with Crippen LogP contribution in [0.2, 0.25) is 0 Å². The van der Waals surface area contributed by atoms with Gasteiger partial charge in [-0.05, 0) is 70.8 Å². The molecule has 4 aromatic carbocycles. The van der Waals surface area contributed by atoms with Gasteiger partial charge in [-0.25, -0.2) is 4.79 Å². The van der Waals surface area contributed by atoms with Crippen molar-refractivity contribution >= 4 is 5.97 Å². The average molecular weight is 391 g/mol. The van der Waals surface area contributed by atoms with Crippen LogP contribution in [0.15, 0.2) is 97.1 Å². The fourth-order valence-electron chi connectivity index (χ4n) is 3.07. The van der Waals surface area contributed by atoms with E-state index in [1.807, 2.05) is 48.5 Å². The summed E-state index contributed by atoms with van der Waals surface area (Å²) in [5.74, 6) is 0.238. The van der Waals surface area contributed by atoms with Gasteiger partial charge >= 0.3 is 5.97 Å². The molecule has 30 heavy (non-hydrogen) atoms. The van der Waals surface area contributed by atoms with Gasteiger partial charge in [0.15, 0.2) is 0 Å². The van der Waals surface area contributed by atoms with Gasteiger partial charge < -0.3 is 9.84 Å². The number of carbonyl (C=O) groups excluding carboxylic acids is 1. The van der Waals surface area contributed by atoms with Crippen LogP contribution in [0, 0.1) is 11.3 Å². The summed E-state index contributed by atoms with van der Waals surface area (Å²) in [6.45, 7) is 0. The molecule has 0 aliphatic heterocycles. The fourth-order valence-corrected chi connectivity index (χ4v) is 3.07. The van der Waals surface area contributed by atoms with Crippen molar-refractivity contribution in [1.29, 1.82) is 5.26 Å². The molecule has 0 fully saturated rings. The molecule has 0 radical (unpaired) electrons. The summed E-state index contributed by atoms with van der Waals surface area (Å²) in [6, 6.07) is 30.7. The van der Waals surface area contributed by atoms with Gasteiger partial charge in [0.2, 0.25) is 0 Å². The van der Waals surface area contributed by atoms with E-state index < -0.39 is 5.97 Å². The number of hydrogen-bond acceptors (Lipinski definition) is 4. The summed E-state index contributed by atoms with van der Waals surface area (Å²) in [6.07, 6.45) is 0. The molecule has 4 heteroatoms. The summed E-state index contributed by atoms with van der Waals surface area (Å²) in [5.41, 5.74) is 4.91. The van der Waals surface area contributed by atoms with Crippen molar-refractivity contribution in [2.75, 3.05) is 0 Å². The Bertz CT molecular complexity index is 1200. The molecule has 0 aliphatic carbocycles. The first-order valence-electron chi connectivity index (χ1n) is 9.35. The first kappa shape index (κ1) is 19.0. The monoisotopic (exact) mass is 391 g/mol. The zero-order chi connectivity index (χ0) is 20.9. The predicted molar refractivity (Wildman–Crippen MR) is 115 cm³/mol. The van der Waals surface area contributed by atoms with Crippen LogP contribution in [0.1, 0.15) is 15.9 Å². The number of esters is 1. The van der Waals surface area contributed by atoms with E-state index in [4.69, 9.17) is 10.00 Å². The highest BCUT2D eigenvalue weighted by atomic mass is 16.5. The molecule has 1 N–H and O–H groups in total. The maximum Gasteiger partial charge on any atom is 0.343 e. The largest absolute Gasteiger partial charge is 0.508 e. The van der Waals surface area contributed by atoms with Crippen molar-refractivity contribution in [3.05, 3.63) is 108 Å². The fraction of sp³-hybridized carbons (Fsp3) is 0. The number of hydrogen-bond donors (Lipinski definition) is 1. The maximum absolute atomic E-state index is 12.4. The number of phenolic OH excluding ortho intramolecular Hbond substituents is 1. The number of benzene rings is 4. The summed E-state index contributed by atoms with van der Waals surface area (Å²) in [7, 11) is 0. The molecule has 0 unspecified atom stereocenters. The zero-order valence-electron chi connectivity index (χ0n) is 15.9. The predicted octanol–water partition coefficient (Wildman–Crippen LogP) is 5.82. The molecule has 0 heterocycles. The third-order valence-electron chi connectivity index (χ3n) is 4.73. The molecular weight excluding hydrogens is 374 g/mol. The lowest BCUT2D eigenvalue weighted by molar-refractivity contribution is 0.0735. The molecular formula is C26H17NO3. The Hall–Kier alpha value is -4.36. The highest BCUT2D eigenvalue weighted by molar-refractivity contribution is 5.91. The second kappa shape index (κ2) is 8.34. The Morgan fingerprint density at radius 2 is 1.10 bits per heavy atom. The van der Waals surface area contributed by atoms with Crippen molar-refractivity contribution in [1.82, 2.24) is 0 Å². The Balaban J connectivity index is 1.44. The highest BCUT2D eigenvalue weighted by Gasteiger charge is 2.09. The van der Waals surface area contributed by atoms with Crippen LogP contribution in [-0.4, -0.2) is 11.1 Å². The van der Waals surface area contributed by atoms with Crippen molar-refractivity contribution in [2.45, 2.75) is 0 Å². The van der Waals surface area contributed by atoms with Gasteiger partial charge in [0.1, 0.15) is 11.5 Å². The minimum Gasteiger partial charge on any atom is -0.508 e. The lowest BCUT2D eigenvalue weighted by Gasteiger charge is -2.07. The van der Waals surface area contributed by atoms with Crippen LogP contribution in [-0.2, 0) is 0 Å². The zero-order valence-corrected chi connectivity index (χ0v) is 15.9. The number of carbonyl (C=O) groups is 1. The van der Waals surface area contributed by atoms with Crippen LogP contribution in [0.25, 0.3) is 22.3 Å². The first-order valence-corrected chi connectivity index (χ1v) is 9.35.